The minimum atomic E-state index is 0.00331. The first-order valence-corrected chi connectivity index (χ1v) is 9.03. The SMILES string of the molecule is CC(NC(=O)N1CCSCC1)c1ccc(-c2ccncc2)cc1. The van der Waals surface area contributed by atoms with Gasteiger partial charge < -0.3 is 10.2 Å². The van der Waals surface area contributed by atoms with Crippen LogP contribution in [0.3, 0.4) is 0 Å². The maximum Gasteiger partial charge on any atom is 0.317 e. The van der Waals surface area contributed by atoms with Crippen LogP contribution in [0.1, 0.15) is 18.5 Å². The molecule has 2 heterocycles. The summed E-state index contributed by atoms with van der Waals surface area (Å²) in [5.74, 6) is 2.06. The number of benzene rings is 1. The van der Waals surface area contributed by atoms with Gasteiger partial charge in [-0.15, -0.1) is 0 Å². The fraction of sp³-hybridized carbons (Fsp3) is 0.333. The standard InChI is InChI=1S/C18H21N3OS/c1-14(20-18(22)21-10-12-23-13-11-21)15-2-4-16(5-3-15)17-6-8-19-9-7-17/h2-9,14H,10-13H2,1H3,(H,20,22). The number of pyridine rings is 1. The van der Waals surface area contributed by atoms with Crippen LogP contribution in [-0.4, -0.2) is 40.5 Å². The lowest BCUT2D eigenvalue weighted by molar-refractivity contribution is 0.200. The van der Waals surface area contributed by atoms with Gasteiger partial charge in [0, 0.05) is 37.0 Å². The first kappa shape index (κ1) is 15.9. The fourth-order valence-electron chi connectivity index (χ4n) is 2.63. The first-order valence-electron chi connectivity index (χ1n) is 7.87. The van der Waals surface area contributed by atoms with Gasteiger partial charge in [-0.2, -0.15) is 11.8 Å². The Hall–Kier alpha value is -2.01. The molecule has 1 aromatic heterocycles. The van der Waals surface area contributed by atoms with Crippen molar-refractivity contribution in [3.8, 4) is 11.1 Å². The predicted octanol–water partition coefficient (Wildman–Crippen LogP) is 3.57. The van der Waals surface area contributed by atoms with Crippen molar-refractivity contribution in [1.29, 1.82) is 0 Å². The van der Waals surface area contributed by atoms with Crippen LogP contribution in [0.4, 0.5) is 4.79 Å². The van der Waals surface area contributed by atoms with E-state index in [1.165, 1.54) is 0 Å². The highest BCUT2D eigenvalue weighted by molar-refractivity contribution is 7.99. The van der Waals surface area contributed by atoms with Crippen molar-refractivity contribution in [2.24, 2.45) is 0 Å². The van der Waals surface area contributed by atoms with Gasteiger partial charge in [-0.3, -0.25) is 4.98 Å². The minimum absolute atomic E-state index is 0.00331. The zero-order valence-corrected chi connectivity index (χ0v) is 14.1. The molecule has 120 valence electrons. The van der Waals surface area contributed by atoms with Crippen LogP contribution in [0.25, 0.3) is 11.1 Å². The Morgan fingerprint density at radius 2 is 1.70 bits per heavy atom. The average Bonchev–Trinajstić information content (AvgIpc) is 2.63. The van der Waals surface area contributed by atoms with Crippen LogP contribution in [0.15, 0.2) is 48.8 Å². The number of thioether (sulfide) groups is 1. The number of urea groups is 1. The van der Waals surface area contributed by atoms with E-state index < -0.39 is 0 Å². The van der Waals surface area contributed by atoms with E-state index in [4.69, 9.17) is 0 Å². The number of aromatic nitrogens is 1. The molecule has 23 heavy (non-hydrogen) atoms. The van der Waals surface area contributed by atoms with Crippen LogP contribution >= 0.6 is 11.8 Å². The van der Waals surface area contributed by atoms with E-state index in [-0.39, 0.29) is 12.1 Å². The van der Waals surface area contributed by atoms with Crippen molar-refractivity contribution in [2.45, 2.75) is 13.0 Å². The number of amides is 2. The second-order valence-corrected chi connectivity index (χ2v) is 6.85. The number of carbonyl (C=O) groups excluding carboxylic acids is 1. The topological polar surface area (TPSA) is 45.2 Å². The number of hydrogen-bond donors (Lipinski definition) is 1. The minimum Gasteiger partial charge on any atom is -0.331 e. The zero-order chi connectivity index (χ0) is 16.1. The van der Waals surface area contributed by atoms with Crippen LogP contribution in [-0.2, 0) is 0 Å². The number of nitrogens with one attached hydrogen (secondary N) is 1. The summed E-state index contributed by atoms with van der Waals surface area (Å²) in [6.07, 6.45) is 3.59. The molecule has 0 radical (unpaired) electrons. The van der Waals surface area contributed by atoms with Gasteiger partial charge in [0.25, 0.3) is 0 Å². The quantitative estimate of drug-likeness (QED) is 0.937. The molecule has 0 saturated carbocycles. The highest BCUT2D eigenvalue weighted by Crippen LogP contribution is 2.21. The summed E-state index contributed by atoms with van der Waals surface area (Å²) in [4.78, 5) is 18.2. The van der Waals surface area contributed by atoms with Gasteiger partial charge in [0.15, 0.2) is 0 Å². The van der Waals surface area contributed by atoms with E-state index in [1.54, 1.807) is 12.4 Å². The Morgan fingerprint density at radius 1 is 1.09 bits per heavy atom. The molecule has 0 spiro atoms. The molecule has 1 N–H and O–H groups in total. The third-order valence-corrected chi connectivity index (χ3v) is 5.01. The molecule has 1 atom stereocenters. The van der Waals surface area contributed by atoms with Crippen molar-refractivity contribution in [3.05, 3.63) is 54.4 Å². The summed E-state index contributed by atoms with van der Waals surface area (Å²) in [6, 6.07) is 12.4. The van der Waals surface area contributed by atoms with Gasteiger partial charge in [-0.25, -0.2) is 4.79 Å². The number of rotatable bonds is 3. The average molecular weight is 327 g/mol. The highest BCUT2D eigenvalue weighted by Gasteiger charge is 2.18. The van der Waals surface area contributed by atoms with Crippen molar-refractivity contribution in [2.75, 3.05) is 24.6 Å². The molecule has 0 aliphatic carbocycles. The van der Waals surface area contributed by atoms with Crippen LogP contribution in [0, 0.1) is 0 Å². The van der Waals surface area contributed by atoms with Crippen LogP contribution in [0.5, 0.6) is 0 Å². The molecule has 1 aliphatic rings. The zero-order valence-electron chi connectivity index (χ0n) is 13.2. The van der Waals surface area contributed by atoms with E-state index in [2.05, 4.69) is 34.6 Å². The van der Waals surface area contributed by atoms with Crippen LogP contribution < -0.4 is 5.32 Å². The van der Waals surface area contributed by atoms with Gasteiger partial charge in [-0.05, 0) is 35.7 Å². The summed E-state index contributed by atoms with van der Waals surface area (Å²) < 4.78 is 0. The Morgan fingerprint density at radius 3 is 2.35 bits per heavy atom. The number of nitrogens with zero attached hydrogens (tertiary/aromatic N) is 2. The van der Waals surface area contributed by atoms with E-state index in [0.717, 1.165) is 41.3 Å². The molecule has 2 aromatic rings. The maximum atomic E-state index is 12.3. The molecule has 1 saturated heterocycles. The molecule has 1 aromatic carbocycles. The molecule has 1 fully saturated rings. The largest absolute Gasteiger partial charge is 0.331 e. The van der Waals surface area contributed by atoms with E-state index in [1.807, 2.05) is 35.7 Å². The van der Waals surface area contributed by atoms with Gasteiger partial charge >= 0.3 is 6.03 Å². The third-order valence-electron chi connectivity index (χ3n) is 4.06. The monoisotopic (exact) mass is 327 g/mol. The second kappa shape index (κ2) is 7.51. The predicted molar refractivity (Wildman–Crippen MR) is 95.5 cm³/mol. The summed E-state index contributed by atoms with van der Waals surface area (Å²) in [7, 11) is 0. The highest BCUT2D eigenvalue weighted by atomic mass is 32.2. The molecule has 4 nitrogen and oxygen atoms in total. The molecule has 1 aliphatic heterocycles. The lowest BCUT2D eigenvalue weighted by Crippen LogP contribution is -2.45. The third kappa shape index (κ3) is 4.05. The molecular formula is C18H21N3OS. The summed E-state index contributed by atoms with van der Waals surface area (Å²) in [6.45, 7) is 3.70. The molecule has 3 rings (SSSR count). The van der Waals surface area contributed by atoms with E-state index in [0.29, 0.717) is 0 Å². The van der Waals surface area contributed by atoms with Gasteiger partial charge in [0.05, 0.1) is 6.04 Å². The summed E-state index contributed by atoms with van der Waals surface area (Å²) in [5.41, 5.74) is 3.42. The first-order chi connectivity index (χ1) is 11.2. The van der Waals surface area contributed by atoms with Gasteiger partial charge in [-0.1, -0.05) is 24.3 Å². The summed E-state index contributed by atoms with van der Waals surface area (Å²) >= 11 is 1.90. The lowest BCUT2D eigenvalue weighted by Gasteiger charge is -2.28. The van der Waals surface area contributed by atoms with Crippen LogP contribution in [0.2, 0.25) is 0 Å². The number of carbonyl (C=O) groups is 1. The normalized spacial score (nSPS) is 16.0. The maximum absolute atomic E-state index is 12.3. The molecule has 2 amide bonds. The second-order valence-electron chi connectivity index (χ2n) is 5.63. The van der Waals surface area contributed by atoms with Crippen molar-refractivity contribution in [3.63, 3.8) is 0 Å². The lowest BCUT2D eigenvalue weighted by atomic mass is 10.0. The molecule has 5 heteroatoms. The van der Waals surface area contributed by atoms with Gasteiger partial charge in [0.1, 0.15) is 0 Å². The Balaban J connectivity index is 1.63. The van der Waals surface area contributed by atoms with Gasteiger partial charge in [0.2, 0.25) is 0 Å². The molecule has 0 bridgehead atoms. The smallest absolute Gasteiger partial charge is 0.317 e. The number of hydrogen-bond acceptors (Lipinski definition) is 3. The Bertz CT molecular complexity index is 639. The Labute approximate surface area is 141 Å². The Kier molecular flexibility index (Phi) is 5.18. The summed E-state index contributed by atoms with van der Waals surface area (Å²) in [5, 5.41) is 3.09. The van der Waals surface area contributed by atoms with Crippen molar-refractivity contribution < 1.29 is 4.79 Å². The van der Waals surface area contributed by atoms with Crippen molar-refractivity contribution >= 4 is 17.8 Å². The fourth-order valence-corrected chi connectivity index (χ4v) is 3.54. The van der Waals surface area contributed by atoms with E-state index in [9.17, 15) is 4.79 Å². The van der Waals surface area contributed by atoms with E-state index >= 15 is 0 Å². The van der Waals surface area contributed by atoms with Crippen molar-refractivity contribution in [1.82, 2.24) is 15.2 Å². The molecular weight excluding hydrogens is 306 g/mol. The molecule has 1 unspecified atom stereocenters.